The van der Waals surface area contributed by atoms with Crippen molar-refractivity contribution in [3.05, 3.63) is 46.7 Å². The molecule has 0 saturated carbocycles. The van der Waals surface area contributed by atoms with Crippen molar-refractivity contribution in [1.29, 1.82) is 0 Å². The number of benzene rings is 1. The van der Waals surface area contributed by atoms with E-state index in [2.05, 4.69) is 15.7 Å². The molecule has 1 aromatic heterocycles. The standard InChI is InChI=1S/C13H14Cl2N4S/c14-11-4-3-10(9-12(11)15)18-13(20)16-5-1-7-19-8-2-6-17-19/h2-4,6,8-9H,1,5,7H2,(H2,16,18,20). The summed E-state index contributed by atoms with van der Waals surface area (Å²) >= 11 is 17.0. The first-order valence-electron chi connectivity index (χ1n) is 6.12. The van der Waals surface area contributed by atoms with E-state index in [1.54, 1.807) is 18.3 Å². The van der Waals surface area contributed by atoms with E-state index in [9.17, 15) is 0 Å². The minimum Gasteiger partial charge on any atom is -0.362 e. The Morgan fingerprint density at radius 2 is 2.15 bits per heavy atom. The fourth-order valence-corrected chi connectivity index (χ4v) is 2.14. The summed E-state index contributed by atoms with van der Waals surface area (Å²) in [5, 5.41) is 11.9. The van der Waals surface area contributed by atoms with Crippen LogP contribution in [0, 0.1) is 0 Å². The van der Waals surface area contributed by atoms with Crippen molar-refractivity contribution in [3.8, 4) is 0 Å². The van der Waals surface area contributed by atoms with Crippen LogP contribution in [0.25, 0.3) is 0 Å². The summed E-state index contributed by atoms with van der Waals surface area (Å²) in [4.78, 5) is 0. The number of hydrogen-bond acceptors (Lipinski definition) is 2. The van der Waals surface area contributed by atoms with Crippen LogP contribution in [-0.4, -0.2) is 21.4 Å². The number of aryl methyl sites for hydroxylation is 1. The van der Waals surface area contributed by atoms with Crippen LogP contribution < -0.4 is 10.6 Å². The van der Waals surface area contributed by atoms with Gasteiger partial charge in [0.1, 0.15) is 0 Å². The molecule has 2 rings (SSSR count). The van der Waals surface area contributed by atoms with Gasteiger partial charge in [-0.25, -0.2) is 0 Å². The SMILES string of the molecule is S=C(NCCCn1cccn1)Nc1ccc(Cl)c(Cl)c1. The number of rotatable bonds is 5. The highest BCUT2D eigenvalue weighted by Gasteiger charge is 2.01. The molecule has 20 heavy (non-hydrogen) atoms. The zero-order valence-corrected chi connectivity index (χ0v) is 13.0. The van der Waals surface area contributed by atoms with Gasteiger partial charge in [-0.3, -0.25) is 4.68 Å². The van der Waals surface area contributed by atoms with Crippen molar-refractivity contribution in [2.75, 3.05) is 11.9 Å². The molecule has 0 bridgehead atoms. The monoisotopic (exact) mass is 328 g/mol. The first kappa shape index (κ1) is 15.1. The Labute approximate surface area is 133 Å². The van der Waals surface area contributed by atoms with Crippen LogP contribution in [0.3, 0.4) is 0 Å². The number of nitrogens with zero attached hydrogens (tertiary/aromatic N) is 2. The van der Waals surface area contributed by atoms with Crippen LogP contribution in [0.4, 0.5) is 5.69 Å². The molecule has 0 atom stereocenters. The van der Waals surface area contributed by atoms with Crippen molar-refractivity contribution in [2.24, 2.45) is 0 Å². The second-order valence-corrected chi connectivity index (χ2v) is 5.36. The summed E-state index contributed by atoms with van der Waals surface area (Å²) < 4.78 is 1.89. The molecule has 0 radical (unpaired) electrons. The molecule has 2 N–H and O–H groups in total. The molecule has 0 aliphatic carbocycles. The Morgan fingerprint density at radius 1 is 1.30 bits per heavy atom. The van der Waals surface area contributed by atoms with Gasteiger partial charge in [0.25, 0.3) is 0 Å². The van der Waals surface area contributed by atoms with E-state index in [1.165, 1.54) is 0 Å². The van der Waals surface area contributed by atoms with E-state index in [0.29, 0.717) is 15.2 Å². The topological polar surface area (TPSA) is 41.9 Å². The number of thiocarbonyl (C=S) groups is 1. The van der Waals surface area contributed by atoms with Gasteiger partial charge in [0, 0.05) is 31.2 Å². The highest BCUT2D eigenvalue weighted by Crippen LogP contribution is 2.24. The van der Waals surface area contributed by atoms with Crippen LogP contribution in [-0.2, 0) is 6.54 Å². The number of anilines is 1. The number of nitrogens with one attached hydrogen (secondary N) is 2. The molecular weight excluding hydrogens is 315 g/mol. The number of halogens is 2. The summed E-state index contributed by atoms with van der Waals surface area (Å²) in [5.41, 5.74) is 0.809. The maximum absolute atomic E-state index is 5.94. The Hall–Kier alpha value is -1.30. The van der Waals surface area contributed by atoms with Crippen molar-refractivity contribution in [1.82, 2.24) is 15.1 Å². The van der Waals surface area contributed by atoms with Gasteiger partial charge in [0.05, 0.1) is 10.0 Å². The lowest BCUT2D eigenvalue weighted by molar-refractivity contribution is 0.574. The second-order valence-electron chi connectivity index (χ2n) is 4.13. The molecule has 0 saturated heterocycles. The first-order chi connectivity index (χ1) is 9.65. The van der Waals surface area contributed by atoms with Gasteiger partial charge in [-0.15, -0.1) is 0 Å². The number of aromatic nitrogens is 2. The number of hydrogen-bond donors (Lipinski definition) is 2. The van der Waals surface area contributed by atoms with Crippen LogP contribution in [0.1, 0.15) is 6.42 Å². The lowest BCUT2D eigenvalue weighted by atomic mass is 10.3. The Morgan fingerprint density at radius 3 is 2.85 bits per heavy atom. The fraction of sp³-hybridized carbons (Fsp3) is 0.231. The van der Waals surface area contributed by atoms with Crippen LogP contribution in [0.15, 0.2) is 36.7 Å². The summed E-state index contributed by atoms with van der Waals surface area (Å²) in [5.74, 6) is 0. The van der Waals surface area contributed by atoms with E-state index in [0.717, 1.165) is 25.2 Å². The summed E-state index contributed by atoms with van der Waals surface area (Å²) in [6.07, 6.45) is 4.64. The molecule has 0 aliphatic rings. The van der Waals surface area contributed by atoms with E-state index in [4.69, 9.17) is 35.4 Å². The summed E-state index contributed by atoms with van der Waals surface area (Å²) in [7, 11) is 0. The summed E-state index contributed by atoms with van der Waals surface area (Å²) in [6.45, 7) is 1.63. The molecule has 4 nitrogen and oxygen atoms in total. The molecule has 0 fully saturated rings. The Balaban J connectivity index is 1.71. The van der Waals surface area contributed by atoms with Crippen molar-refractivity contribution < 1.29 is 0 Å². The van der Waals surface area contributed by atoms with Gasteiger partial charge in [-0.2, -0.15) is 5.10 Å². The first-order valence-corrected chi connectivity index (χ1v) is 7.29. The third-order valence-electron chi connectivity index (χ3n) is 2.59. The minimum atomic E-state index is 0.498. The highest BCUT2D eigenvalue weighted by molar-refractivity contribution is 7.80. The van der Waals surface area contributed by atoms with Crippen LogP contribution in [0.5, 0.6) is 0 Å². The van der Waals surface area contributed by atoms with E-state index < -0.39 is 0 Å². The largest absolute Gasteiger partial charge is 0.362 e. The summed E-state index contributed by atoms with van der Waals surface area (Å²) in [6, 6.07) is 7.20. The van der Waals surface area contributed by atoms with Crippen LogP contribution in [0.2, 0.25) is 10.0 Å². The molecule has 1 heterocycles. The molecule has 1 aromatic carbocycles. The average molecular weight is 329 g/mol. The Bertz CT molecular complexity index is 572. The fourth-order valence-electron chi connectivity index (χ4n) is 1.62. The second kappa shape index (κ2) is 7.47. The predicted molar refractivity (Wildman–Crippen MR) is 87.5 cm³/mol. The smallest absolute Gasteiger partial charge is 0.170 e. The average Bonchev–Trinajstić information content (AvgIpc) is 2.92. The van der Waals surface area contributed by atoms with Gasteiger partial charge in [0.15, 0.2) is 5.11 Å². The molecule has 0 unspecified atom stereocenters. The maximum Gasteiger partial charge on any atom is 0.170 e. The van der Waals surface area contributed by atoms with Gasteiger partial charge in [0.2, 0.25) is 0 Å². The zero-order valence-electron chi connectivity index (χ0n) is 10.6. The van der Waals surface area contributed by atoms with E-state index >= 15 is 0 Å². The van der Waals surface area contributed by atoms with Gasteiger partial charge >= 0.3 is 0 Å². The zero-order chi connectivity index (χ0) is 14.4. The molecule has 0 spiro atoms. The van der Waals surface area contributed by atoms with Gasteiger partial charge in [-0.1, -0.05) is 23.2 Å². The molecule has 2 aromatic rings. The molecule has 106 valence electrons. The predicted octanol–water partition coefficient (Wildman–Crippen LogP) is 3.57. The third kappa shape index (κ3) is 4.67. The Kier molecular flexibility index (Phi) is 5.64. The normalized spacial score (nSPS) is 10.3. The van der Waals surface area contributed by atoms with Crippen molar-refractivity contribution in [3.63, 3.8) is 0 Å². The molecule has 0 amide bonds. The van der Waals surface area contributed by atoms with Gasteiger partial charge in [-0.05, 0) is 42.9 Å². The lowest BCUT2D eigenvalue weighted by Crippen LogP contribution is -2.29. The highest BCUT2D eigenvalue weighted by atomic mass is 35.5. The van der Waals surface area contributed by atoms with Crippen LogP contribution >= 0.6 is 35.4 Å². The van der Waals surface area contributed by atoms with E-state index in [1.807, 2.05) is 23.0 Å². The van der Waals surface area contributed by atoms with Crippen molar-refractivity contribution >= 4 is 46.2 Å². The molecule has 0 aliphatic heterocycles. The molecular formula is C13H14Cl2N4S. The van der Waals surface area contributed by atoms with Crippen molar-refractivity contribution in [2.45, 2.75) is 13.0 Å². The third-order valence-corrected chi connectivity index (χ3v) is 3.57. The van der Waals surface area contributed by atoms with Gasteiger partial charge < -0.3 is 10.6 Å². The van der Waals surface area contributed by atoms with E-state index in [-0.39, 0.29) is 0 Å². The molecule has 7 heteroatoms. The quantitative estimate of drug-likeness (QED) is 0.650. The maximum atomic E-state index is 5.94. The minimum absolute atomic E-state index is 0.498. The lowest BCUT2D eigenvalue weighted by Gasteiger charge is -2.11.